The van der Waals surface area contributed by atoms with Crippen LogP contribution in [0.3, 0.4) is 0 Å². The predicted molar refractivity (Wildman–Crippen MR) is 120 cm³/mol. The number of carbonyl (C=O) groups is 1. The second-order valence-electron chi connectivity index (χ2n) is 8.71. The quantitative estimate of drug-likeness (QED) is 0.756. The van der Waals surface area contributed by atoms with Gasteiger partial charge in [0.25, 0.3) is 0 Å². The molecule has 8 heteroatoms. The van der Waals surface area contributed by atoms with Gasteiger partial charge in [-0.25, -0.2) is 8.42 Å². The number of benzene rings is 2. The van der Waals surface area contributed by atoms with E-state index in [4.69, 9.17) is 9.47 Å². The number of hydrogen-bond donors (Lipinski definition) is 1. The summed E-state index contributed by atoms with van der Waals surface area (Å²) in [6, 6.07) is 12.9. The highest BCUT2D eigenvalue weighted by molar-refractivity contribution is 7.89. The van der Waals surface area contributed by atoms with Gasteiger partial charge in [0.05, 0.1) is 18.1 Å². The number of hydrogen-bond acceptors (Lipinski definition) is 5. The molecular formula is C24H28N2O5S. The summed E-state index contributed by atoms with van der Waals surface area (Å²) in [7, 11) is -3.79. The average Bonchev–Trinajstić information content (AvgIpc) is 3.06. The summed E-state index contributed by atoms with van der Waals surface area (Å²) in [5.74, 6) is 1.16. The van der Waals surface area contributed by atoms with E-state index in [1.54, 1.807) is 48.5 Å². The minimum atomic E-state index is -3.79. The third kappa shape index (κ3) is 3.97. The molecule has 2 fully saturated rings. The van der Waals surface area contributed by atoms with Crippen molar-refractivity contribution in [3.63, 3.8) is 0 Å². The van der Waals surface area contributed by atoms with Crippen LogP contribution in [0, 0.1) is 5.92 Å². The SMILES string of the molecule is O=C(Nc1ccc2c(c1)OCCCO2)C1CC2CCCCC2N1S(=O)(=O)c1ccccc1. The van der Waals surface area contributed by atoms with Gasteiger partial charge in [0.2, 0.25) is 15.9 Å². The third-order valence-electron chi connectivity index (χ3n) is 6.67. The van der Waals surface area contributed by atoms with E-state index in [1.807, 2.05) is 0 Å². The molecule has 0 bridgehead atoms. The minimum absolute atomic E-state index is 0.131. The van der Waals surface area contributed by atoms with Crippen LogP contribution in [-0.2, 0) is 14.8 Å². The van der Waals surface area contributed by atoms with Gasteiger partial charge in [-0.05, 0) is 49.4 Å². The molecule has 0 radical (unpaired) electrons. The number of nitrogens with zero attached hydrogens (tertiary/aromatic N) is 1. The molecule has 2 heterocycles. The molecule has 7 nitrogen and oxygen atoms in total. The molecule has 170 valence electrons. The molecule has 3 aliphatic rings. The largest absolute Gasteiger partial charge is 0.490 e. The van der Waals surface area contributed by atoms with Gasteiger partial charge in [-0.1, -0.05) is 31.0 Å². The van der Waals surface area contributed by atoms with E-state index >= 15 is 0 Å². The molecular weight excluding hydrogens is 428 g/mol. The Balaban J connectivity index is 1.43. The van der Waals surface area contributed by atoms with Crippen molar-refractivity contribution in [2.75, 3.05) is 18.5 Å². The monoisotopic (exact) mass is 456 g/mol. The molecule has 1 amide bonds. The Kier molecular flexibility index (Phi) is 5.82. The summed E-state index contributed by atoms with van der Waals surface area (Å²) in [5.41, 5.74) is 0.575. The second-order valence-corrected chi connectivity index (χ2v) is 10.6. The van der Waals surface area contributed by atoms with Crippen molar-refractivity contribution in [1.82, 2.24) is 4.31 Å². The van der Waals surface area contributed by atoms with E-state index in [2.05, 4.69) is 5.32 Å². The maximum absolute atomic E-state index is 13.6. The molecule has 1 saturated heterocycles. The summed E-state index contributed by atoms with van der Waals surface area (Å²) in [6.45, 7) is 1.15. The van der Waals surface area contributed by atoms with Crippen LogP contribution >= 0.6 is 0 Å². The second kappa shape index (κ2) is 8.75. The average molecular weight is 457 g/mol. The minimum Gasteiger partial charge on any atom is -0.490 e. The lowest BCUT2D eigenvalue weighted by Gasteiger charge is -2.32. The summed E-state index contributed by atoms with van der Waals surface area (Å²) in [4.78, 5) is 13.6. The van der Waals surface area contributed by atoms with Crippen molar-refractivity contribution in [3.8, 4) is 11.5 Å². The van der Waals surface area contributed by atoms with Crippen molar-refractivity contribution in [3.05, 3.63) is 48.5 Å². The highest BCUT2D eigenvalue weighted by Gasteiger charge is 2.50. The number of sulfonamides is 1. The molecule has 0 spiro atoms. The lowest BCUT2D eigenvalue weighted by atomic mass is 9.85. The Labute approximate surface area is 188 Å². The fourth-order valence-corrected chi connectivity index (χ4v) is 7.06. The smallest absolute Gasteiger partial charge is 0.244 e. The Morgan fingerprint density at radius 3 is 2.50 bits per heavy atom. The fraction of sp³-hybridized carbons (Fsp3) is 0.458. The van der Waals surface area contributed by atoms with E-state index in [1.165, 1.54) is 4.31 Å². The lowest BCUT2D eigenvalue weighted by molar-refractivity contribution is -0.119. The third-order valence-corrected chi connectivity index (χ3v) is 8.61. The van der Waals surface area contributed by atoms with E-state index < -0.39 is 16.1 Å². The predicted octanol–water partition coefficient (Wildman–Crippen LogP) is 3.81. The van der Waals surface area contributed by atoms with E-state index in [0.717, 1.165) is 32.1 Å². The fourth-order valence-electron chi connectivity index (χ4n) is 5.17. The molecule has 2 aromatic rings. The first-order chi connectivity index (χ1) is 15.5. The number of ether oxygens (including phenoxy) is 2. The number of rotatable bonds is 4. The zero-order chi connectivity index (χ0) is 22.1. The molecule has 3 unspecified atom stereocenters. The standard InChI is InChI=1S/C24H28N2O5S/c27-24(25-18-11-12-22-23(16-18)31-14-6-13-30-22)21-15-17-7-4-5-10-20(17)26(21)32(28,29)19-8-2-1-3-9-19/h1-3,8-9,11-12,16-17,20-21H,4-7,10,13-15H2,(H,25,27). The van der Waals surface area contributed by atoms with Crippen LogP contribution in [0.5, 0.6) is 11.5 Å². The van der Waals surface area contributed by atoms with Crippen LogP contribution in [0.1, 0.15) is 38.5 Å². The summed E-state index contributed by atoms with van der Waals surface area (Å²) < 4.78 is 40.1. The Bertz CT molecular complexity index is 1090. The number of amides is 1. The van der Waals surface area contributed by atoms with Gasteiger partial charge in [-0.3, -0.25) is 4.79 Å². The van der Waals surface area contributed by atoms with Crippen molar-refractivity contribution >= 4 is 21.6 Å². The summed E-state index contributed by atoms with van der Waals surface area (Å²) in [5, 5.41) is 2.94. The van der Waals surface area contributed by atoms with Crippen LogP contribution in [0.4, 0.5) is 5.69 Å². The Morgan fingerprint density at radius 2 is 1.69 bits per heavy atom. The zero-order valence-electron chi connectivity index (χ0n) is 17.9. The molecule has 2 aliphatic heterocycles. The summed E-state index contributed by atoms with van der Waals surface area (Å²) in [6.07, 6.45) is 5.17. The van der Waals surface area contributed by atoms with E-state index in [9.17, 15) is 13.2 Å². The van der Waals surface area contributed by atoms with Crippen molar-refractivity contribution in [2.45, 2.75) is 55.5 Å². The van der Waals surface area contributed by atoms with Gasteiger partial charge in [0.1, 0.15) is 6.04 Å². The molecule has 1 N–H and O–H groups in total. The van der Waals surface area contributed by atoms with Crippen LogP contribution in [0.15, 0.2) is 53.4 Å². The van der Waals surface area contributed by atoms with Gasteiger partial charge in [-0.15, -0.1) is 0 Å². The Morgan fingerprint density at radius 1 is 0.938 bits per heavy atom. The van der Waals surface area contributed by atoms with E-state index in [-0.39, 0.29) is 22.8 Å². The van der Waals surface area contributed by atoms with Crippen molar-refractivity contribution in [2.24, 2.45) is 5.92 Å². The normalized spacial score (nSPS) is 25.6. The number of anilines is 1. The molecule has 3 atom stereocenters. The highest BCUT2D eigenvalue weighted by Crippen LogP contribution is 2.43. The first-order valence-corrected chi connectivity index (χ1v) is 12.8. The highest BCUT2D eigenvalue weighted by atomic mass is 32.2. The number of nitrogens with one attached hydrogen (secondary N) is 1. The van der Waals surface area contributed by atoms with Gasteiger partial charge < -0.3 is 14.8 Å². The molecule has 1 aliphatic carbocycles. The molecule has 1 saturated carbocycles. The van der Waals surface area contributed by atoms with Crippen molar-refractivity contribution in [1.29, 1.82) is 0 Å². The Hall–Kier alpha value is -2.58. The van der Waals surface area contributed by atoms with Crippen LogP contribution in [0.2, 0.25) is 0 Å². The van der Waals surface area contributed by atoms with Gasteiger partial charge in [-0.2, -0.15) is 4.31 Å². The van der Waals surface area contributed by atoms with Gasteiger partial charge in [0, 0.05) is 24.2 Å². The molecule has 32 heavy (non-hydrogen) atoms. The maximum Gasteiger partial charge on any atom is 0.244 e. The van der Waals surface area contributed by atoms with Gasteiger partial charge >= 0.3 is 0 Å². The maximum atomic E-state index is 13.6. The molecule has 0 aromatic heterocycles. The number of fused-ring (bicyclic) bond motifs is 2. The summed E-state index contributed by atoms with van der Waals surface area (Å²) >= 11 is 0. The lowest BCUT2D eigenvalue weighted by Crippen LogP contribution is -2.47. The van der Waals surface area contributed by atoms with Crippen LogP contribution in [-0.4, -0.2) is 43.9 Å². The molecule has 2 aromatic carbocycles. The topological polar surface area (TPSA) is 84.9 Å². The van der Waals surface area contributed by atoms with Crippen molar-refractivity contribution < 1.29 is 22.7 Å². The number of carbonyl (C=O) groups excluding carboxylic acids is 1. The van der Waals surface area contributed by atoms with E-state index in [0.29, 0.717) is 36.8 Å². The first kappa shape index (κ1) is 21.3. The molecule has 5 rings (SSSR count). The van der Waals surface area contributed by atoms with Gasteiger partial charge in [0.15, 0.2) is 11.5 Å². The van der Waals surface area contributed by atoms with Crippen LogP contribution < -0.4 is 14.8 Å². The first-order valence-electron chi connectivity index (χ1n) is 11.3. The zero-order valence-corrected chi connectivity index (χ0v) is 18.7. The van der Waals surface area contributed by atoms with Crippen LogP contribution in [0.25, 0.3) is 0 Å².